The zero-order chi connectivity index (χ0) is 20.9. The first-order valence-corrected chi connectivity index (χ1v) is 9.64. The first-order valence-electron chi connectivity index (χ1n) is 9.64. The Morgan fingerprint density at radius 1 is 1.24 bits per heavy atom. The molecule has 1 amide bonds. The van der Waals surface area contributed by atoms with Crippen molar-refractivity contribution < 1.29 is 19.0 Å². The molecular formula is C23H26N2O4. The number of rotatable bonds is 7. The number of alkyl carbamates (subject to hydrolysis) is 1. The summed E-state index contributed by atoms with van der Waals surface area (Å²) in [6, 6.07) is 17.1. The molecule has 29 heavy (non-hydrogen) atoms. The quantitative estimate of drug-likeness (QED) is 0.719. The van der Waals surface area contributed by atoms with Gasteiger partial charge in [0.25, 0.3) is 0 Å². The number of amides is 1. The Morgan fingerprint density at radius 2 is 1.97 bits per heavy atom. The predicted molar refractivity (Wildman–Crippen MR) is 109 cm³/mol. The van der Waals surface area contributed by atoms with E-state index in [1.807, 2.05) is 63.2 Å². The molecule has 0 radical (unpaired) electrons. The minimum atomic E-state index is -0.537. The molecule has 0 spiro atoms. The lowest BCUT2D eigenvalue weighted by atomic mass is 10.0. The summed E-state index contributed by atoms with van der Waals surface area (Å²) in [7, 11) is 0. The van der Waals surface area contributed by atoms with Crippen molar-refractivity contribution in [1.82, 2.24) is 5.32 Å². The number of nitriles is 1. The summed E-state index contributed by atoms with van der Waals surface area (Å²) >= 11 is 0. The number of carbonyl (C=O) groups is 1. The highest BCUT2D eigenvalue weighted by molar-refractivity contribution is 5.68. The van der Waals surface area contributed by atoms with Gasteiger partial charge in [0, 0.05) is 0 Å². The fourth-order valence-corrected chi connectivity index (χ4v) is 2.90. The van der Waals surface area contributed by atoms with Crippen LogP contribution in [0.2, 0.25) is 0 Å². The average Bonchev–Trinajstić information content (AvgIpc) is 3.51. The summed E-state index contributed by atoms with van der Waals surface area (Å²) in [4.78, 5) is 12.1. The molecule has 1 aliphatic rings. The van der Waals surface area contributed by atoms with Crippen LogP contribution in [-0.2, 0) is 22.5 Å². The molecule has 3 rings (SSSR count). The Morgan fingerprint density at radius 3 is 2.59 bits per heavy atom. The minimum Gasteiger partial charge on any atom is -0.489 e. The Bertz CT molecular complexity index is 877. The summed E-state index contributed by atoms with van der Waals surface area (Å²) in [6.07, 6.45) is 0.234. The van der Waals surface area contributed by atoms with Gasteiger partial charge in [-0.2, -0.15) is 5.26 Å². The van der Waals surface area contributed by atoms with Crippen LogP contribution in [0, 0.1) is 11.3 Å². The molecule has 0 aliphatic carbocycles. The molecule has 2 atom stereocenters. The molecule has 152 valence electrons. The molecule has 1 aliphatic heterocycles. The smallest absolute Gasteiger partial charge is 0.407 e. The van der Waals surface area contributed by atoms with Crippen LogP contribution >= 0.6 is 0 Å². The molecule has 6 nitrogen and oxygen atoms in total. The van der Waals surface area contributed by atoms with Gasteiger partial charge in [0.1, 0.15) is 24.1 Å². The lowest BCUT2D eigenvalue weighted by Gasteiger charge is -2.23. The highest BCUT2D eigenvalue weighted by Crippen LogP contribution is 2.21. The number of nitrogens with zero attached hydrogens (tertiary/aromatic N) is 1. The number of hydrogen-bond acceptors (Lipinski definition) is 5. The number of ether oxygens (including phenoxy) is 3. The fraction of sp³-hybridized carbons (Fsp3) is 0.391. The average molecular weight is 394 g/mol. The van der Waals surface area contributed by atoms with Crippen LogP contribution in [0.5, 0.6) is 5.75 Å². The van der Waals surface area contributed by atoms with Crippen molar-refractivity contribution >= 4 is 6.09 Å². The van der Waals surface area contributed by atoms with Crippen molar-refractivity contribution in [3.05, 3.63) is 65.2 Å². The molecule has 6 heteroatoms. The van der Waals surface area contributed by atoms with Crippen molar-refractivity contribution in [2.75, 3.05) is 6.61 Å². The molecule has 0 unspecified atom stereocenters. The van der Waals surface area contributed by atoms with Crippen molar-refractivity contribution in [3.63, 3.8) is 0 Å². The van der Waals surface area contributed by atoms with Crippen molar-refractivity contribution in [1.29, 1.82) is 5.26 Å². The summed E-state index contributed by atoms with van der Waals surface area (Å²) in [5.41, 5.74) is 2.10. The second-order valence-electron chi connectivity index (χ2n) is 8.07. The van der Waals surface area contributed by atoms with Gasteiger partial charge in [0.05, 0.1) is 24.3 Å². The molecular weight excluding hydrogens is 368 g/mol. The third-order valence-corrected chi connectivity index (χ3v) is 4.35. The van der Waals surface area contributed by atoms with Gasteiger partial charge in [0.15, 0.2) is 0 Å². The van der Waals surface area contributed by atoms with Crippen LogP contribution in [0.1, 0.15) is 37.5 Å². The fourth-order valence-electron chi connectivity index (χ4n) is 2.90. The highest BCUT2D eigenvalue weighted by atomic mass is 16.6. The van der Waals surface area contributed by atoms with E-state index in [1.165, 1.54) is 0 Å². The molecule has 2 aromatic rings. The van der Waals surface area contributed by atoms with Crippen molar-refractivity contribution in [2.45, 2.75) is 51.5 Å². The summed E-state index contributed by atoms with van der Waals surface area (Å²) in [5, 5.41) is 11.9. The summed E-state index contributed by atoms with van der Waals surface area (Å²) < 4.78 is 16.5. The molecule has 1 fully saturated rings. The van der Waals surface area contributed by atoms with E-state index in [1.54, 1.807) is 6.07 Å². The van der Waals surface area contributed by atoms with Gasteiger partial charge in [-0.1, -0.05) is 24.3 Å². The zero-order valence-electron chi connectivity index (χ0n) is 17.0. The van der Waals surface area contributed by atoms with Gasteiger partial charge < -0.3 is 19.5 Å². The maximum atomic E-state index is 12.1. The van der Waals surface area contributed by atoms with E-state index in [-0.39, 0.29) is 12.1 Å². The number of carbonyl (C=O) groups excluding carboxylic acids is 1. The normalized spacial score (nSPS) is 16.4. The first-order chi connectivity index (χ1) is 13.8. The topological polar surface area (TPSA) is 83.9 Å². The van der Waals surface area contributed by atoms with E-state index in [4.69, 9.17) is 19.5 Å². The Kier molecular flexibility index (Phi) is 6.40. The molecule has 0 aromatic heterocycles. The van der Waals surface area contributed by atoms with E-state index in [9.17, 15) is 4.79 Å². The zero-order valence-corrected chi connectivity index (χ0v) is 17.0. The molecule has 2 aromatic carbocycles. The highest BCUT2D eigenvalue weighted by Gasteiger charge is 2.34. The standard InChI is InChI=1S/C23H26N2O4/c1-23(2,3)29-22(26)25-20(21-15-28-21)12-16-7-9-19(10-8-16)27-14-18-6-4-5-17(11-18)13-24/h4-11,20-21H,12,14-15H2,1-3H3,(H,25,26)/t20-,21+/m0/s1. The second-order valence-corrected chi connectivity index (χ2v) is 8.07. The largest absolute Gasteiger partial charge is 0.489 e. The van der Waals surface area contributed by atoms with E-state index in [2.05, 4.69) is 11.4 Å². The second kappa shape index (κ2) is 8.97. The monoisotopic (exact) mass is 394 g/mol. The Balaban J connectivity index is 1.54. The number of benzene rings is 2. The van der Waals surface area contributed by atoms with E-state index < -0.39 is 11.7 Å². The number of nitrogens with one attached hydrogen (secondary N) is 1. The summed E-state index contributed by atoms with van der Waals surface area (Å²) in [5.74, 6) is 0.746. The molecule has 0 saturated carbocycles. The number of epoxide rings is 1. The van der Waals surface area contributed by atoms with Crippen LogP contribution in [0.3, 0.4) is 0 Å². The van der Waals surface area contributed by atoms with Gasteiger partial charge in [-0.05, 0) is 62.6 Å². The molecule has 1 saturated heterocycles. The van der Waals surface area contributed by atoms with Crippen LogP contribution in [0.15, 0.2) is 48.5 Å². The third kappa shape index (κ3) is 6.81. The van der Waals surface area contributed by atoms with Crippen molar-refractivity contribution in [3.8, 4) is 11.8 Å². The summed E-state index contributed by atoms with van der Waals surface area (Å²) in [6.45, 7) is 6.55. The van der Waals surface area contributed by atoms with E-state index in [0.717, 1.165) is 16.9 Å². The number of hydrogen-bond donors (Lipinski definition) is 1. The predicted octanol–water partition coefficient (Wildman–Crippen LogP) is 3.97. The SMILES string of the molecule is CC(C)(C)OC(=O)N[C@@H](Cc1ccc(OCc2cccc(C#N)c2)cc1)[C@H]1CO1. The lowest BCUT2D eigenvalue weighted by molar-refractivity contribution is 0.0495. The van der Waals surface area contributed by atoms with Gasteiger partial charge in [-0.15, -0.1) is 0 Å². The van der Waals surface area contributed by atoms with Crippen LogP contribution < -0.4 is 10.1 Å². The molecule has 1 heterocycles. The third-order valence-electron chi connectivity index (χ3n) is 4.35. The Labute approximate surface area is 171 Å². The Hall–Kier alpha value is -3.04. The van der Waals surface area contributed by atoms with Gasteiger partial charge in [-0.25, -0.2) is 4.79 Å². The van der Waals surface area contributed by atoms with Crippen LogP contribution in [-0.4, -0.2) is 30.4 Å². The van der Waals surface area contributed by atoms with E-state index in [0.29, 0.717) is 25.2 Å². The van der Waals surface area contributed by atoms with E-state index >= 15 is 0 Å². The maximum Gasteiger partial charge on any atom is 0.407 e. The van der Waals surface area contributed by atoms with Gasteiger partial charge in [-0.3, -0.25) is 0 Å². The molecule has 1 N–H and O–H groups in total. The van der Waals surface area contributed by atoms with Crippen molar-refractivity contribution in [2.24, 2.45) is 0 Å². The van der Waals surface area contributed by atoms with Gasteiger partial charge >= 0.3 is 6.09 Å². The maximum absolute atomic E-state index is 12.1. The molecule has 0 bridgehead atoms. The van der Waals surface area contributed by atoms with Crippen LogP contribution in [0.25, 0.3) is 0 Å². The lowest BCUT2D eigenvalue weighted by Crippen LogP contribution is -2.43. The minimum absolute atomic E-state index is 0.0193. The first kappa shape index (κ1) is 20.7. The van der Waals surface area contributed by atoms with Crippen LogP contribution in [0.4, 0.5) is 4.79 Å². The van der Waals surface area contributed by atoms with Gasteiger partial charge in [0.2, 0.25) is 0 Å².